The molecule has 0 aliphatic carbocycles. The average molecular weight is 342 g/mol. The quantitative estimate of drug-likeness (QED) is 0.794. The molecule has 1 aromatic carbocycles. The molecule has 5 heteroatoms. The minimum Gasteiger partial charge on any atom is -0.459 e. The Labute approximate surface area is 146 Å². The Balaban J connectivity index is 1.44. The topological polar surface area (TPSA) is 42.4 Å². The normalized spacial score (nSPS) is 23.9. The van der Waals surface area contributed by atoms with Crippen LogP contribution in [-0.2, 0) is 4.74 Å². The van der Waals surface area contributed by atoms with Crippen molar-refractivity contribution in [2.24, 2.45) is 0 Å². The summed E-state index contributed by atoms with van der Waals surface area (Å²) in [6.45, 7) is 4.25. The summed E-state index contributed by atoms with van der Waals surface area (Å²) in [6, 6.07) is 8.22. The van der Waals surface area contributed by atoms with Gasteiger partial charge in [0.25, 0.3) is 0 Å². The summed E-state index contributed by atoms with van der Waals surface area (Å²) in [5.41, 5.74) is 2.51. The lowest BCUT2D eigenvalue weighted by Gasteiger charge is -2.34. The fourth-order valence-electron chi connectivity index (χ4n) is 3.82. The van der Waals surface area contributed by atoms with Crippen LogP contribution in [0, 0.1) is 6.92 Å². The first-order chi connectivity index (χ1) is 11.7. The van der Waals surface area contributed by atoms with Crippen LogP contribution >= 0.6 is 11.3 Å². The molecule has 3 heterocycles. The number of esters is 1. The molecule has 0 unspecified atom stereocenters. The van der Waals surface area contributed by atoms with E-state index in [0.29, 0.717) is 11.6 Å². The zero-order chi connectivity index (χ0) is 16.5. The molecule has 0 bridgehead atoms. The number of carbonyl (C=O) groups is 1. The summed E-state index contributed by atoms with van der Waals surface area (Å²) < 4.78 is 5.80. The van der Waals surface area contributed by atoms with Crippen LogP contribution in [-0.4, -0.2) is 41.1 Å². The minimum atomic E-state index is -0.208. The van der Waals surface area contributed by atoms with Crippen molar-refractivity contribution in [2.75, 3.05) is 13.1 Å². The Morgan fingerprint density at radius 2 is 2.25 bits per heavy atom. The second kappa shape index (κ2) is 6.65. The van der Waals surface area contributed by atoms with Gasteiger partial charge < -0.3 is 9.64 Å². The standard InChI is InChI=1S/C19H22N2O2S/c1-13-20-18(12-24-13)14-4-2-5-15(10-14)19(22)23-17-7-9-21-8-3-6-16(21)11-17/h2,4-5,10,12,16-17H,3,6-9,11H2,1H3/t16-,17+/m0/s1. The van der Waals surface area contributed by atoms with E-state index in [1.165, 1.54) is 19.4 Å². The molecule has 0 amide bonds. The largest absolute Gasteiger partial charge is 0.459 e. The number of piperidine rings is 1. The molecule has 4 rings (SSSR count). The lowest BCUT2D eigenvalue weighted by atomic mass is 10.00. The first kappa shape index (κ1) is 15.8. The van der Waals surface area contributed by atoms with Crippen LogP contribution in [0.3, 0.4) is 0 Å². The SMILES string of the molecule is Cc1nc(-c2cccc(C(=O)O[C@@H]3CCN4CCC[C@H]4C3)c2)cs1. The number of thiazole rings is 1. The number of carbonyl (C=O) groups excluding carboxylic acids is 1. The predicted molar refractivity (Wildman–Crippen MR) is 95.3 cm³/mol. The monoisotopic (exact) mass is 342 g/mol. The van der Waals surface area contributed by atoms with Crippen LogP contribution in [0.4, 0.5) is 0 Å². The van der Waals surface area contributed by atoms with Gasteiger partial charge in [-0.05, 0) is 51.3 Å². The van der Waals surface area contributed by atoms with Crippen LogP contribution in [0.1, 0.15) is 41.0 Å². The van der Waals surface area contributed by atoms with E-state index >= 15 is 0 Å². The summed E-state index contributed by atoms with van der Waals surface area (Å²) >= 11 is 1.62. The molecule has 0 N–H and O–H groups in total. The molecule has 2 saturated heterocycles. The molecule has 0 spiro atoms. The number of hydrogen-bond acceptors (Lipinski definition) is 5. The summed E-state index contributed by atoms with van der Waals surface area (Å²) in [6.07, 6.45) is 4.51. The van der Waals surface area contributed by atoms with Crippen molar-refractivity contribution in [3.8, 4) is 11.3 Å². The molecule has 126 valence electrons. The van der Waals surface area contributed by atoms with Crippen molar-refractivity contribution in [3.05, 3.63) is 40.2 Å². The Morgan fingerprint density at radius 3 is 3.08 bits per heavy atom. The van der Waals surface area contributed by atoms with Gasteiger partial charge >= 0.3 is 5.97 Å². The lowest BCUT2D eigenvalue weighted by Crippen LogP contribution is -2.41. The van der Waals surface area contributed by atoms with E-state index in [9.17, 15) is 4.79 Å². The molecule has 0 saturated carbocycles. The smallest absolute Gasteiger partial charge is 0.338 e. The number of hydrogen-bond donors (Lipinski definition) is 0. The number of aromatic nitrogens is 1. The zero-order valence-electron chi connectivity index (χ0n) is 13.9. The van der Waals surface area contributed by atoms with E-state index in [0.717, 1.165) is 35.7 Å². The molecule has 2 atom stereocenters. The fraction of sp³-hybridized carbons (Fsp3) is 0.474. The Hall–Kier alpha value is -1.72. The molecule has 1 aromatic heterocycles. The van der Waals surface area contributed by atoms with E-state index in [4.69, 9.17) is 4.74 Å². The van der Waals surface area contributed by atoms with E-state index in [-0.39, 0.29) is 12.1 Å². The summed E-state index contributed by atoms with van der Waals surface area (Å²) in [5.74, 6) is -0.208. The molecule has 2 aliphatic heterocycles. The Kier molecular flexibility index (Phi) is 4.37. The second-order valence-electron chi connectivity index (χ2n) is 6.72. The van der Waals surface area contributed by atoms with Gasteiger partial charge in [0, 0.05) is 23.5 Å². The number of ether oxygens (including phenoxy) is 1. The van der Waals surface area contributed by atoms with Gasteiger partial charge in [0.05, 0.1) is 16.3 Å². The van der Waals surface area contributed by atoms with Gasteiger partial charge in [-0.2, -0.15) is 0 Å². The molecular formula is C19H22N2O2S. The number of benzene rings is 1. The molecule has 2 aromatic rings. The van der Waals surface area contributed by atoms with Crippen molar-refractivity contribution in [1.82, 2.24) is 9.88 Å². The van der Waals surface area contributed by atoms with Gasteiger partial charge in [0.15, 0.2) is 0 Å². The maximum Gasteiger partial charge on any atom is 0.338 e. The van der Waals surface area contributed by atoms with Crippen LogP contribution < -0.4 is 0 Å². The van der Waals surface area contributed by atoms with Gasteiger partial charge in [-0.25, -0.2) is 9.78 Å². The van der Waals surface area contributed by atoms with E-state index in [1.54, 1.807) is 11.3 Å². The van der Waals surface area contributed by atoms with Crippen LogP contribution in [0.25, 0.3) is 11.3 Å². The first-order valence-corrected chi connectivity index (χ1v) is 9.54. The van der Waals surface area contributed by atoms with E-state index in [1.807, 2.05) is 36.6 Å². The third-order valence-electron chi connectivity index (χ3n) is 5.06. The Bertz CT molecular complexity index is 742. The molecular weight excluding hydrogens is 320 g/mol. The van der Waals surface area contributed by atoms with Crippen molar-refractivity contribution in [1.29, 1.82) is 0 Å². The van der Waals surface area contributed by atoms with Gasteiger partial charge in [0.1, 0.15) is 6.10 Å². The highest BCUT2D eigenvalue weighted by Gasteiger charge is 2.33. The molecule has 2 aliphatic rings. The van der Waals surface area contributed by atoms with Gasteiger partial charge in [-0.1, -0.05) is 12.1 Å². The fourth-order valence-corrected chi connectivity index (χ4v) is 4.44. The van der Waals surface area contributed by atoms with Crippen molar-refractivity contribution < 1.29 is 9.53 Å². The van der Waals surface area contributed by atoms with Crippen LogP contribution in [0.15, 0.2) is 29.6 Å². The number of nitrogens with zero attached hydrogens (tertiary/aromatic N) is 2. The highest BCUT2D eigenvalue weighted by molar-refractivity contribution is 7.09. The minimum absolute atomic E-state index is 0.0574. The predicted octanol–water partition coefficient (Wildman–Crippen LogP) is 3.90. The first-order valence-electron chi connectivity index (χ1n) is 8.66. The maximum absolute atomic E-state index is 12.5. The third kappa shape index (κ3) is 3.23. The zero-order valence-corrected chi connectivity index (χ0v) is 14.7. The average Bonchev–Trinajstić information content (AvgIpc) is 3.23. The van der Waals surface area contributed by atoms with Crippen molar-refractivity contribution >= 4 is 17.3 Å². The molecule has 0 radical (unpaired) electrons. The van der Waals surface area contributed by atoms with Crippen LogP contribution in [0.2, 0.25) is 0 Å². The lowest BCUT2D eigenvalue weighted by molar-refractivity contribution is 0.00422. The molecule has 24 heavy (non-hydrogen) atoms. The highest BCUT2D eigenvalue weighted by atomic mass is 32.1. The maximum atomic E-state index is 12.5. The van der Waals surface area contributed by atoms with E-state index < -0.39 is 0 Å². The summed E-state index contributed by atoms with van der Waals surface area (Å²) in [5, 5.41) is 3.05. The van der Waals surface area contributed by atoms with Gasteiger partial charge in [-0.3, -0.25) is 0 Å². The van der Waals surface area contributed by atoms with Gasteiger partial charge in [0.2, 0.25) is 0 Å². The Morgan fingerprint density at radius 1 is 1.33 bits per heavy atom. The number of fused-ring (bicyclic) bond motifs is 1. The summed E-state index contributed by atoms with van der Waals surface area (Å²) in [7, 11) is 0. The second-order valence-corrected chi connectivity index (χ2v) is 7.78. The molecule has 2 fully saturated rings. The highest BCUT2D eigenvalue weighted by Crippen LogP contribution is 2.29. The number of aryl methyl sites for hydroxylation is 1. The van der Waals surface area contributed by atoms with Gasteiger partial charge in [-0.15, -0.1) is 11.3 Å². The van der Waals surface area contributed by atoms with E-state index in [2.05, 4.69) is 9.88 Å². The molecule has 4 nitrogen and oxygen atoms in total. The summed E-state index contributed by atoms with van der Waals surface area (Å²) in [4.78, 5) is 19.6. The van der Waals surface area contributed by atoms with Crippen molar-refractivity contribution in [3.63, 3.8) is 0 Å². The third-order valence-corrected chi connectivity index (χ3v) is 5.83. The number of rotatable bonds is 3. The van der Waals surface area contributed by atoms with Crippen LogP contribution in [0.5, 0.6) is 0 Å². The van der Waals surface area contributed by atoms with Crippen molar-refractivity contribution in [2.45, 2.75) is 44.8 Å².